The molecule has 4 heteroatoms. The largest absolute Gasteiger partial charge is 0.379 e. The van der Waals surface area contributed by atoms with Gasteiger partial charge in [0, 0.05) is 13.3 Å². The van der Waals surface area contributed by atoms with E-state index in [1.165, 1.54) is 0 Å². The number of anilines is 1. The highest BCUT2D eigenvalue weighted by atomic mass is 16.5. The van der Waals surface area contributed by atoms with Gasteiger partial charge in [0.05, 0.1) is 17.7 Å². The number of nitrogens with one attached hydrogen (secondary N) is 1. The Hall–Kier alpha value is -1.60. The minimum absolute atomic E-state index is 0.226. The van der Waals surface area contributed by atoms with Gasteiger partial charge < -0.3 is 10.1 Å². The topological polar surface area (TPSA) is 57.9 Å². The molecule has 2 atom stereocenters. The lowest BCUT2D eigenvalue weighted by atomic mass is 10.1. The van der Waals surface area contributed by atoms with E-state index < -0.39 is 0 Å². The molecule has 1 aromatic rings. The molecule has 17 heavy (non-hydrogen) atoms. The van der Waals surface area contributed by atoms with Crippen molar-refractivity contribution in [2.75, 3.05) is 12.4 Å². The smallest absolute Gasteiger partial charge is 0.144 e. The zero-order valence-electron chi connectivity index (χ0n) is 10.2. The van der Waals surface area contributed by atoms with Crippen LogP contribution in [0.25, 0.3) is 0 Å². The van der Waals surface area contributed by atoms with Crippen LogP contribution in [0.3, 0.4) is 0 Å². The first kappa shape index (κ1) is 11.9. The Morgan fingerprint density at radius 3 is 3.06 bits per heavy atom. The molecule has 1 aromatic heterocycles. The van der Waals surface area contributed by atoms with Crippen molar-refractivity contribution in [3.05, 3.63) is 23.4 Å². The van der Waals surface area contributed by atoms with Crippen molar-refractivity contribution in [2.24, 2.45) is 0 Å². The highest BCUT2D eigenvalue weighted by molar-refractivity contribution is 5.56. The molecule has 1 fully saturated rings. The summed E-state index contributed by atoms with van der Waals surface area (Å²) in [6.07, 6.45) is 5.25. The van der Waals surface area contributed by atoms with Gasteiger partial charge in [-0.15, -0.1) is 0 Å². The van der Waals surface area contributed by atoms with Gasteiger partial charge in [0.1, 0.15) is 11.9 Å². The molecule has 2 unspecified atom stereocenters. The van der Waals surface area contributed by atoms with Crippen LogP contribution in [-0.4, -0.2) is 24.2 Å². The lowest BCUT2D eigenvalue weighted by Gasteiger charge is -2.20. The molecule has 1 aliphatic rings. The van der Waals surface area contributed by atoms with Gasteiger partial charge in [0.2, 0.25) is 0 Å². The van der Waals surface area contributed by atoms with Crippen molar-refractivity contribution in [1.29, 1.82) is 5.26 Å². The van der Waals surface area contributed by atoms with Gasteiger partial charge in [-0.25, -0.2) is 4.98 Å². The molecule has 0 amide bonds. The number of hydrogen-bond acceptors (Lipinski definition) is 4. The number of nitriles is 1. The van der Waals surface area contributed by atoms with Gasteiger partial charge in [-0.3, -0.25) is 0 Å². The molecule has 1 saturated carbocycles. The predicted molar refractivity (Wildman–Crippen MR) is 65.7 cm³/mol. The van der Waals surface area contributed by atoms with Crippen LogP contribution in [0.4, 0.5) is 5.82 Å². The minimum atomic E-state index is 0.226. The van der Waals surface area contributed by atoms with Crippen LogP contribution in [-0.2, 0) is 4.74 Å². The van der Waals surface area contributed by atoms with Crippen LogP contribution in [0.1, 0.15) is 30.4 Å². The maximum atomic E-state index is 9.14. The third kappa shape index (κ3) is 2.40. The number of hydrogen-bond donors (Lipinski definition) is 1. The van der Waals surface area contributed by atoms with Crippen LogP contribution in [0.15, 0.2) is 12.3 Å². The average molecular weight is 231 g/mol. The summed E-state index contributed by atoms with van der Waals surface area (Å²) in [5.41, 5.74) is 1.59. The molecule has 0 bridgehead atoms. The van der Waals surface area contributed by atoms with E-state index in [4.69, 9.17) is 10.00 Å². The van der Waals surface area contributed by atoms with Crippen LogP contribution in [0.2, 0.25) is 0 Å². The Balaban J connectivity index is 2.19. The highest BCUT2D eigenvalue weighted by Gasteiger charge is 2.27. The van der Waals surface area contributed by atoms with Gasteiger partial charge in [0.25, 0.3) is 0 Å². The van der Waals surface area contributed by atoms with Crippen LogP contribution < -0.4 is 5.32 Å². The molecule has 0 saturated heterocycles. The van der Waals surface area contributed by atoms with Gasteiger partial charge in [0.15, 0.2) is 0 Å². The third-order valence-electron chi connectivity index (χ3n) is 3.35. The Morgan fingerprint density at radius 1 is 1.53 bits per heavy atom. The normalized spacial score (nSPS) is 23.4. The number of aryl methyl sites for hydroxylation is 1. The maximum Gasteiger partial charge on any atom is 0.144 e. The monoisotopic (exact) mass is 231 g/mol. The lowest BCUT2D eigenvalue weighted by Crippen LogP contribution is -2.30. The standard InChI is InChI=1S/C13H17N3O/c1-9-6-7-15-13(10(9)8-14)16-11-4-3-5-12(11)17-2/h6-7,11-12H,3-5H2,1-2H3,(H,15,16). The second-order valence-electron chi connectivity index (χ2n) is 4.42. The van der Waals surface area contributed by atoms with Crippen molar-refractivity contribution in [3.8, 4) is 6.07 Å². The Kier molecular flexibility index (Phi) is 3.60. The summed E-state index contributed by atoms with van der Waals surface area (Å²) in [5.74, 6) is 0.682. The van der Waals surface area contributed by atoms with E-state index in [2.05, 4.69) is 16.4 Å². The number of nitrogens with zero attached hydrogens (tertiary/aromatic N) is 2. The van der Waals surface area contributed by atoms with Crippen molar-refractivity contribution < 1.29 is 4.74 Å². The fraction of sp³-hybridized carbons (Fsp3) is 0.538. The molecule has 4 nitrogen and oxygen atoms in total. The molecule has 90 valence electrons. The van der Waals surface area contributed by atoms with Gasteiger partial charge in [-0.1, -0.05) is 0 Å². The van der Waals surface area contributed by atoms with Crippen molar-refractivity contribution in [3.63, 3.8) is 0 Å². The van der Waals surface area contributed by atoms with Crippen LogP contribution in [0, 0.1) is 18.3 Å². The van der Waals surface area contributed by atoms with E-state index in [-0.39, 0.29) is 12.1 Å². The highest BCUT2D eigenvalue weighted by Crippen LogP contribution is 2.26. The Bertz CT molecular complexity index is 439. The second kappa shape index (κ2) is 5.15. The fourth-order valence-electron chi connectivity index (χ4n) is 2.36. The van der Waals surface area contributed by atoms with Crippen molar-refractivity contribution in [1.82, 2.24) is 4.98 Å². The molecule has 0 radical (unpaired) electrons. The Morgan fingerprint density at radius 2 is 2.35 bits per heavy atom. The van der Waals surface area contributed by atoms with E-state index >= 15 is 0 Å². The molecule has 1 N–H and O–H groups in total. The summed E-state index contributed by atoms with van der Waals surface area (Å²) in [4.78, 5) is 4.25. The molecule has 0 spiro atoms. The number of rotatable bonds is 3. The second-order valence-corrected chi connectivity index (χ2v) is 4.42. The maximum absolute atomic E-state index is 9.14. The third-order valence-corrected chi connectivity index (χ3v) is 3.35. The van der Waals surface area contributed by atoms with E-state index in [1.54, 1.807) is 13.3 Å². The first-order valence-corrected chi connectivity index (χ1v) is 5.91. The van der Waals surface area contributed by atoms with Gasteiger partial charge in [-0.2, -0.15) is 5.26 Å². The van der Waals surface area contributed by atoms with Gasteiger partial charge in [-0.05, 0) is 37.8 Å². The van der Waals surface area contributed by atoms with E-state index in [1.807, 2.05) is 13.0 Å². The summed E-state index contributed by atoms with van der Waals surface area (Å²) in [6.45, 7) is 1.92. The van der Waals surface area contributed by atoms with Crippen molar-refractivity contribution >= 4 is 5.82 Å². The van der Waals surface area contributed by atoms with E-state index in [0.717, 1.165) is 24.8 Å². The average Bonchev–Trinajstić information content (AvgIpc) is 2.77. The number of ether oxygens (including phenoxy) is 1. The quantitative estimate of drug-likeness (QED) is 0.866. The zero-order valence-corrected chi connectivity index (χ0v) is 10.2. The predicted octanol–water partition coefficient (Wildman–Crippen LogP) is 2.24. The molecule has 0 aromatic carbocycles. The Labute approximate surface area is 102 Å². The van der Waals surface area contributed by atoms with E-state index in [0.29, 0.717) is 11.4 Å². The fourth-order valence-corrected chi connectivity index (χ4v) is 2.36. The van der Waals surface area contributed by atoms with Crippen molar-refractivity contribution in [2.45, 2.75) is 38.3 Å². The summed E-state index contributed by atoms with van der Waals surface area (Å²) in [7, 11) is 1.74. The SMILES string of the molecule is COC1CCCC1Nc1nccc(C)c1C#N. The van der Waals surface area contributed by atoms with Gasteiger partial charge >= 0.3 is 0 Å². The molecule has 1 aliphatic carbocycles. The van der Waals surface area contributed by atoms with E-state index in [9.17, 15) is 0 Å². The number of aromatic nitrogens is 1. The summed E-state index contributed by atoms with van der Waals surface area (Å²) in [6, 6.07) is 4.32. The zero-order chi connectivity index (χ0) is 12.3. The minimum Gasteiger partial charge on any atom is -0.379 e. The molecular formula is C13H17N3O. The summed E-state index contributed by atoms with van der Waals surface area (Å²) >= 11 is 0. The molecular weight excluding hydrogens is 214 g/mol. The molecule has 0 aliphatic heterocycles. The molecule has 2 rings (SSSR count). The summed E-state index contributed by atoms with van der Waals surface area (Å²) in [5, 5.41) is 12.5. The molecule has 1 heterocycles. The first-order valence-electron chi connectivity index (χ1n) is 5.91. The number of methoxy groups -OCH3 is 1. The van der Waals surface area contributed by atoms with Crippen LogP contribution >= 0.6 is 0 Å². The van der Waals surface area contributed by atoms with Crippen LogP contribution in [0.5, 0.6) is 0 Å². The lowest BCUT2D eigenvalue weighted by molar-refractivity contribution is 0.101. The number of pyridine rings is 1. The first-order chi connectivity index (χ1) is 8.26. The summed E-state index contributed by atoms with van der Waals surface area (Å²) < 4.78 is 5.43.